The Morgan fingerprint density at radius 3 is 2.87 bits per heavy atom. The first-order valence-electron chi connectivity index (χ1n) is 4.84. The van der Waals surface area contributed by atoms with Gasteiger partial charge in [0.2, 0.25) is 0 Å². The van der Waals surface area contributed by atoms with E-state index in [0.29, 0.717) is 5.56 Å². The van der Waals surface area contributed by atoms with Gasteiger partial charge >= 0.3 is 0 Å². The van der Waals surface area contributed by atoms with Gasteiger partial charge in [-0.1, -0.05) is 13.0 Å². The third-order valence-corrected chi connectivity index (χ3v) is 3.60. The van der Waals surface area contributed by atoms with Crippen LogP contribution in [0.15, 0.2) is 23.1 Å². The van der Waals surface area contributed by atoms with Gasteiger partial charge in [-0.2, -0.15) is 0 Å². The van der Waals surface area contributed by atoms with Crippen molar-refractivity contribution in [2.24, 2.45) is 0 Å². The summed E-state index contributed by atoms with van der Waals surface area (Å²) in [6.07, 6.45) is 1.97. The van der Waals surface area contributed by atoms with E-state index in [1.807, 2.05) is 18.4 Å². The summed E-state index contributed by atoms with van der Waals surface area (Å²) >= 11 is 1.62. The van der Waals surface area contributed by atoms with Crippen LogP contribution in [0.5, 0.6) is 0 Å². The lowest BCUT2D eigenvalue weighted by atomic mass is 9.90. The maximum absolute atomic E-state index is 13.4. The monoisotopic (exact) mass is 229 g/mol. The van der Waals surface area contributed by atoms with Crippen molar-refractivity contribution in [2.45, 2.75) is 23.7 Å². The summed E-state index contributed by atoms with van der Waals surface area (Å²) in [4.78, 5) is 1.10. The van der Waals surface area contributed by atoms with E-state index in [2.05, 4.69) is 5.32 Å². The molecule has 0 aliphatic carbocycles. The molecule has 0 amide bonds. The van der Waals surface area contributed by atoms with Crippen LogP contribution in [0.25, 0.3) is 0 Å². The number of benzene rings is 1. The molecule has 0 aromatic heterocycles. The zero-order chi connectivity index (χ0) is 11.1. The largest absolute Gasteiger partial charge is 0.379 e. The van der Waals surface area contributed by atoms with Gasteiger partial charge in [0.15, 0.2) is 0 Å². The van der Waals surface area contributed by atoms with E-state index in [4.69, 9.17) is 0 Å². The first kappa shape index (κ1) is 10.7. The van der Waals surface area contributed by atoms with Crippen molar-refractivity contribution in [3.05, 3.63) is 23.8 Å². The van der Waals surface area contributed by atoms with Crippen molar-refractivity contribution in [1.29, 1.82) is 0 Å². The molecule has 4 heteroatoms. The van der Waals surface area contributed by atoms with E-state index in [-0.39, 0.29) is 6.54 Å². The molecule has 0 saturated heterocycles. The fourth-order valence-electron chi connectivity index (χ4n) is 1.79. The number of thioether (sulfide) groups is 1. The Balaban J connectivity index is 2.42. The SMILES string of the molecule is CSc1ccc2c(c1)NCC(F)(F)[C@H]2C. The number of hydrogen-bond donors (Lipinski definition) is 1. The predicted octanol–water partition coefficient (Wildman–Crippen LogP) is 3.57. The second-order valence-electron chi connectivity index (χ2n) is 3.79. The topological polar surface area (TPSA) is 12.0 Å². The number of halogens is 2. The molecular formula is C11H13F2NS. The van der Waals surface area contributed by atoms with E-state index >= 15 is 0 Å². The highest BCUT2D eigenvalue weighted by molar-refractivity contribution is 7.98. The molecule has 2 rings (SSSR count). The summed E-state index contributed by atoms with van der Waals surface area (Å²) < 4.78 is 26.8. The Morgan fingerprint density at radius 2 is 2.20 bits per heavy atom. The van der Waals surface area contributed by atoms with Gasteiger partial charge in [-0.25, -0.2) is 8.78 Å². The van der Waals surface area contributed by atoms with Crippen molar-refractivity contribution >= 4 is 17.4 Å². The Morgan fingerprint density at radius 1 is 1.47 bits per heavy atom. The zero-order valence-corrected chi connectivity index (χ0v) is 9.50. The van der Waals surface area contributed by atoms with Crippen LogP contribution >= 0.6 is 11.8 Å². The van der Waals surface area contributed by atoms with Crippen molar-refractivity contribution in [3.63, 3.8) is 0 Å². The molecule has 1 aromatic rings. The van der Waals surface area contributed by atoms with Gasteiger partial charge in [0.05, 0.1) is 6.54 Å². The summed E-state index contributed by atoms with van der Waals surface area (Å²) in [6.45, 7) is 1.32. The number of rotatable bonds is 1. The summed E-state index contributed by atoms with van der Waals surface area (Å²) in [7, 11) is 0. The Kier molecular flexibility index (Phi) is 2.63. The van der Waals surface area contributed by atoms with Crippen molar-refractivity contribution < 1.29 is 8.78 Å². The minimum atomic E-state index is -2.64. The van der Waals surface area contributed by atoms with E-state index in [1.54, 1.807) is 24.8 Å². The predicted molar refractivity (Wildman–Crippen MR) is 60.1 cm³/mol. The first-order chi connectivity index (χ1) is 7.04. The van der Waals surface area contributed by atoms with Crippen LogP contribution in [0.2, 0.25) is 0 Å². The summed E-state index contributed by atoms with van der Waals surface area (Å²) in [5.74, 6) is -3.35. The molecule has 0 saturated carbocycles. The van der Waals surface area contributed by atoms with E-state index in [0.717, 1.165) is 10.6 Å². The molecule has 1 atom stereocenters. The summed E-state index contributed by atoms with van der Waals surface area (Å²) in [6, 6.07) is 5.63. The molecule has 0 fully saturated rings. The Hall–Kier alpha value is -0.770. The summed E-state index contributed by atoms with van der Waals surface area (Å²) in [5, 5.41) is 2.79. The molecule has 1 nitrogen and oxygen atoms in total. The standard InChI is InChI=1S/C11H13F2NS/c1-7-9-4-3-8(15-2)5-10(9)14-6-11(7,12)13/h3-5,7,14H,6H2,1-2H3/t7-/m0/s1. The van der Waals surface area contributed by atoms with Gasteiger partial charge in [0.25, 0.3) is 5.92 Å². The molecule has 1 aliphatic rings. The Labute approximate surface area is 92.3 Å². The second-order valence-corrected chi connectivity index (χ2v) is 4.67. The molecule has 0 spiro atoms. The third kappa shape index (κ3) is 1.83. The smallest absolute Gasteiger partial charge is 0.271 e. The molecule has 0 radical (unpaired) electrons. The van der Waals surface area contributed by atoms with Crippen molar-refractivity contribution in [1.82, 2.24) is 0 Å². The molecule has 15 heavy (non-hydrogen) atoms. The lowest BCUT2D eigenvalue weighted by Crippen LogP contribution is -2.37. The van der Waals surface area contributed by atoms with Crippen LogP contribution in [-0.2, 0) is 0 Å². The average Bonchev–Trinajstić information content (AvgIpc) is 2.23. The molecule has 1 aromatic carbocycles. The van der Waals surface area contributed by atoms with Crippen LogP contribution in [-0.4, -0.2) is 18.7 Å². The molecule has 1 heterocycles. The third-order valence-electron chi connectivity index (χ3n) is 2.88. The number of fused-ring (bicyclic) bond motifs is 1. The van der Waals surface area contributed by atoms with Gasteiger partial charge in [-0.15, -0.1) is 11.8 Å². The number of anilines is 1. The normalized spacial score (nSPS) is 23.1. The van der Waals surface area contributed by atoms with Gasteiger partial charge in [0, 0.05) is 16.5 Å². The van der Waals surface area contributed by atoms with Crippen LogP contribution < -0.4 is 5.32 Å². The second kappa shape index (κ2) is 3.67. The van der Waals surface area contributed by atoms with Gasteiger partial charge in [-0.3, -0.25) is 0 Å². The van der Waals surface area contributed by atoms with Crippen LogP contribution in [0.4, 0.5) is 14.5 Å². The first-order valence-corrected chi connectivity index (χ1v) is 6.06. The fraction of sp³-hybridized carbons (Fsp3) is 0.455. The van der Waals surface area contributed by atoms with Gasteiger partial charge in [0.1, 0.15) is 0 Å². The highest BCUT2D eigenvalue weighted by Gasteiger charge is 2.41. The van der Waals surface area contributed by atoms with Crippen LogP contribution in [0, 0.1) is 0 Å². The number of alkyl halides is 2. The van der Waals surface area contributed by atoms with Crippen LogP contribution in [0.3, 0.4) is 0 Å². The molecule has 0 unspecified atom stereocenters. The van der Waals surface area contributed by atoms with Crippen LogP contribution in [0.1, 0.15) is 18.4 Å². The van der Waals surface area contributed by atoms with Crippen molar-refractivity contribution in [3.8, 4) is 0 Å². The maximum Gasteiger partial charge on any atom is 0.271 e. The Bertz CT molecular complexity index is 379. The van der Waals surface area contributed by atoms with E-state index in [1.165, 1.54) is 0 Å². The lowest BCUT2D eigenvalue weighted by Gasteiger charge is -2.32. The van der Waals surface area contributed by atoms with Gasteiger partial charge < -0.3 is 5.32 Å². The number of nitrogens with one attached hydrogen (secondary N) is 1. The molecule has 82 valence electrons. The van der Waals surface area contributed by atoms with Gasteiger partial charge in [-0.05, 0) is 24.0 Å². The molecule has 0 bridgehead atoms. The minimum absolute atomic E-state index is 0.265. The number of hydrogen-bond acceptors (Lipinski definition) is 2. The maximum atomic E-state index is 13.4. The summed E-state index contributed by atoms with van der Waals surface area (Å²) in [5.41, 5.74) is 1.56. The van der Waals surface area contributed by atoms with Crippen molar-refractivity contribution in [2.75, 3.05) is 18.1 Å². The molecule has 1 aliphatic heterocycles. The van der Waals surface area contributed by atoms with E-state index < -0.39 is 11.8 Å². The minimum Gasteiger partial charge on any atom is -0.379 e. The van der Waals surface area contributed by atoms with E-state index in [9.17, 15) is 8.78 Å². The highest BCUT2D eigenvalue weighted by Crippen LogP contribution is 2.41. The molecule has 1 N–H and O–H groups in total. The zero-order valence-electron chi connectivity index (χ0n) is 8.68. The average molecular weight is 229 g/mol. The fourth-order valence-corrected chi connectivity index (χ4v) is 2.23. The quantitative estimate of drug-likeness (QED) is 0.739. The highest BCUT2D eigenvalue weighted by atomic mass is 32.2. The molecular weight excluding hydrogens is 216 g/mol. The lowest BCUT2D eigenvalue weighted by molar-refractivity contribution is -0.0117.